The summed E-state index contributed by atoms with van der Waals surface area (Å²) in [5.74, 6) is 0.759. The number of para-hydroxylation sites is 1. The van der Waals surface area contributed by atoms with Gasteiger partial charge in [0.1, 0.15) is 5.82 Å². The Morgan fingerprint density at radius 2 is 1.78 bits per heavy atom. The standard InChI is InChI=1S/C24H22FNS/c1-17-10-11-18(2)20(12-17)16-27-24-15-26(23-9-4-3-8-22(23)24)14-19-6-5-7-21(25)13-19/h3-13,15H,14,16H2,1-2H3. The van der Waals surface area contributed by atoms with Crippen molar-refractivity contribution >= 4 is 22.7 Å². The maximum Gasteiger partial charge on any atom is 0.123 e. The summed E-state index contributed by atoms with van der Waals surface area (Å²) in [6.07, 6.45) is 2.20. The number of hydrogen-bond donors (Lipinski definition) is 0. The van der Waals surface area contributed by atoms with Gasteiger partial charge in [0.15, 0.2) is 0 Å². The van der Waals surface area contributed by atoms with Gasteiger partial charge in [-0.15, -0.1) is 11.8 Å². The highest BCUT2D eigenvalue weighted by molar-refractivity contribution is 7.98. The Morgan fingerprint density at radius 1 is 0.926 bits per heavy atom. The molecule has 1 heterocycles. The normalized spacial score (nSPS) is 11.2. The van der Waals surface area contributed by atoms with Gasteiger partial charge >= 0.3 is 0 Å². The first-order valence-electron chi connectivity index (χ1n) is 9.11. The third-order valence-electron chi connectivity index (χ3n) is 4.88. The molecule has 0 aliphatic carbocycles. The van der Waals surface area contributed by atoms with Crippen LogP contribution in [0.3, 0.4) is 0 Å². The fourth-order valence-corrected chi connectivity index (χ4v) is 4.55. The molecule has 136 valence electrons. The fraction of sp³-hybridized carbons (Fsp3) is 0.167. The lowest BCUT2D eigenvalue weighted by atomic mass is 10.1. The van der Waals surface area contributed by atoms with Crippen LogP contribution in [0, 0.1) is 19.7 Å². The topological polar surface area (TPSA) is 4.93 Å². The van der Waals surface area contributed by atoms with Crippen LogP contribution in [0.4, 0.5) is 4.39 Å². The van der Waals surface area contributed by atoms with Crippen LogP contribution in [0.1, 0.15) is 22.3 Å². The van der Waals surface area contributed by atoms with Gasteiger partial charge in [0, 0.05) is 34.3 Å². The molecular formula is C24H22FNS. The zero-order valence-corrected chi connectivity index (χ0v) is 16.4. The first-order chi connectivity index (χ1) is 13.1. The predicted molar refractivity (Wildman–Crippen MR) is 113 cm³/mol. The Morgan fingerprint density at radius 3 is 2.63 bits per heavy atom. The molecule has 3 heteroatoms. The largest absolute Gasteiger partial charge is 0.342 e. The van der Waals surface area contributed by atoms with Crippen LogP contribution in [0.15, 0.2) is 77.8 Å². The van der Waals surface area contributed by atoms with Crippen molar-refractivity contribution in [2.45, 2.75) is 31.0 Å². The van der Waals surface area contributed by atoms with E-state index in [0.717, 1.165) is 11.3 Å². The number of halogens is 1. The minimum atomic E-state index is -0.187. The SMILES string of the molecule is Cc1ccc(C)c(CSc2cn(Cc3cccc(F)c3)c3ccccc23)c1. The van der Waals surface area contributed by atoms with Crippen LogP contribution >= 0.6 is 11.8 Å². The predicted octanol–water partition coefficient (Wildman–Crippen LogP) is 6.74. The lowest BCUT2D eigenvalue weighted by molar-refractivity contribution is 0.624. The molecule has 0 aliphatic rings. The van der Waals surface area contributed by atoms with Crippen LogP contribution in [0.5, 0.6) is 0 Å². The highest BCUT2D eigenvalue weighted by Crippen LogP contribution is 2.33. The molecule has 0 N–H and O–H groups in total. The third-order valence-corrected chi connectivity index (χ3v) is 5.97. The lowest BCUT2D eigenvalue weighted by Crippen LogP contribution is -1.98. The quantitative estimate of drug-likeness (QED) is 0.350. The highest BCUT2D eigenvalue weighted by Gasteiger charge is 2.10. The number of nitrogens with zero attached hydrogens (tertiary/aromatic N) is 1. The van der Waals surface area contributed by atoms with E-state index in [1.54, 1.807) is 12.1 Å². The molecule has 0 saturated heterocycles. The van der Waals surface area contributed by atoms with E-state index in [1.165, 1.54) is 38.6 Å². The fourth-order valence-electron chi connectivity index (χ4n) is 3.40. The van der Waals surface area contributed by atoms with Crippen molar-refractivity contribution in [1.82, 2.24) is 4.57 Å². The summed E-state index contributed by atoms with van der Waals surface area (Å²) < 4.78 is 15.8. The number of hydrogen-bond acceptors (Lipinski definition) is 1. The summed E-state index contributed by atoms with van der Waals surface area (Å²) in [6.45, 7) is 4.98. The molecule has 0 atom stereocenters. The molecule has 0 fully saturated rings. The molecule has 27 heavy (non-hydrogen) atoms. The summed E-state index contributed by atoms with van der Waals surface area (Å²) in [7, 11) is 0. The van der Waals surface area contributed by atoms with E-state index >= 15 is 0 Å². The molecule has 3 aromatic carbocycles. The monoisotopic (exact) mass is 375 g/mol. The van der Waals surface area contributed by atoms with E-state index in [0.29, 0.717) is 6.54 Å². The van der Waals surface area contributed by atoms with Crippen molar-refractivity contribution in [2.75, 3.05) is 0 Å². The number of aryl methyl sites for hydroxylation is 2. The second kappa shape index (κ2) is 7.61. The van der Waals surface area contributed by atoms with Gasteiger partial charge in [-0.25, -0.2) is 4.39 Å². The van der Waals surface area contributed by atoms with Gasteiger partial charge in [0.05, 0.1) is 0 Å². The van der Waals surface area contributed by atoms with Crippen molar-refractivity contribution in [3.8, 4) is 0 Å². The number of fused-ring (bicyclic) bond motifs is 1. The van der Waals surface area contributed by atoms with Gasteiger partial charge in [0.2, 0.25) is 0 Å². The minimum Gasteiger partial charge on any atom is -0.342 e. The maximum absolute atomic E-state index is 13.6. The van der Waals surface area contributed by atoms with Gasteiger partial charge in [-0.05, 0) is 48.7 Å². The van der Waals surface area contributed by atoms with Gasteiger partial charge < -0.3 is 4.57 Å². The summed E-state index contributed by atoms with van der Waals surface area (Å²) >= 11 is 1.87. The molecule has 0 amide bonds. The number of rotatable bonds is 5. The second-order valence-electron chi connectivity index (χ2n) is 6.99. The molecule has 0 unspecified atom stereocenters. The molecule has 0 aliphatic heterocycles. The van der Waals surface area contributed by atoms with Crippen molar-refractivity contribution < 1.29 is 4.39 Å². The first-order valence-corrected chi connectivity index (χ1v) is 10.1. The molecule has 0 saturated carbocycles. The maximum atomic E-state index is 13.6. The van der Waals surface area contributed by atoms with E-state index < -0.39 is 0 Å². The molecule has 1 nitrogen and oxygen atoms in total. The van der Waals surface area contributed by atoms with E-state index in [2.05, 4.69) is 67.1 Å². The summed E-state index contributed by atoms with van der Waals surface area (Å²) in [4.78, 5) is 1.27. The van der Waals surface area contributed by atoms with Crippen molar-refractivity contribution in [3.05, 3.63) is 101 Å². The molecule has 0 radical (unpaired) electrons. The van der Waals surface area contributed by atoms with E-state index in [-0.39, 0.29) is 5.82 Å². The Balaban J connectivity index is 1.64. The molecule has 4 aromatic rings. The van der Waals surface area contributed by atoms with Crippen LogP contribution in [0.2, 0.25) is 0 Å². The van der Waals surface area contributed by atoms with Crippen molar-refractivity contribution in [1.29, 1.82) is 0 Å². The zero-order chi connectivity index (χ0) is 18.8. The van der Waals surface area contributed by atoms with Gasteiger partial charge in [0.25, 0.3) is 0 Å². The van der Waals surface area contributed by atoms with E-state index in [9.17, 15) is 4.39 Å². The molecule has 0 bridgehead atoms. The minimum absolute atomic E-state index is 0.187. The summed E-state index contributed by atoms with van der Waals surface area (Å²) in [5.41, 5.74) is 6.16. The average molecular weight is 376 g/mol. The summed E-state index contributed by atoms with van der Waals surface area (Å²) in [6, 6.07) is 21.9. The van der Waals surface area contributed by atoms with Gasteiger partial charge in [-0.1, -0.05) is 54.1 Å². The Kier molecular flexibility index (Phi) is 5.04. The van der Waals surface area contributed by atoms with Crippen LogP contribution in [0.25, 0.3) is 10.9 Å². The van der Waals surface area contributed by atoms with E-state index in [4.69, 9.17) is 0 Å². The average Bonchev–Trinajstić information content (AvgIpc) is 3.00. The van der Waals surface area contributed by atoms with Crippen LogP contribution in [-0.2, 0) is 12.3 Å². The molecule has 0 spiro atoms. The lowest BCUT2D eigenvalue weighted by Gasteiger charge is -2.06. The Labute approximate surface area is 163 Å². The highest BCUT2D eigenvalue weighted by atomic mass is 32.2. The van der Waals surface area contributed by atoms with Crippen molar-refractivity contribution in [2.24, 2.45) is 0 Å². The molecule has 1 aromatic heterocycles. The summed E-state index contributed by atoms with van der Waals surface area (Å²) in [5, 5.41) is 1.25. The zero-order valence-electron chi connectivity index (χ0n) is 15.6. The smallest absolute Gasteiger partial charge is 0.123 e. The van der Waals surface area contributed by atoms with Gasteiger partial charge in [-0.3, -0.25) is 0 Å². The molecule has 4 rings (SSSR count). The van der Waals surface area contributed by atoms with Crippen LogP contribution in [-0.4, -0.2) is 4.57 Å². The number of benzene rings is 3. The molecular weight excluding hydrogens is 353 g/mol. The Bertz CT molecular complexity index is 1100. The third kappa shape index (κ3) is 3.93. The van der Waals surface area contributed by atoms with Crippen molar-refractivity contribution in [3.63, 3.8) is 0 Å². The second-order valence-corrected chi connectivity index (χ2v) is 8.00. The number of thioether (sulfide) groups is 1. The van der Waals surface area contributed by atoms with Crippen LogP contribution < -0.4 is 0 Å². The first kappa shape index (κ1) is 17.9. The Hall–Kier alpha value is -2.52. The van der Waals surface area contributed by atoms with E-state index in [1.807, 2.05) is 17.8 Å². The van der Waals surface area contributed by atoms with Gasteiger partial charge in [-0.2, -0.15) is 0 Å². The number of aromatic nitrogens is 1.